The molecule has 0 aliphatic rings. The lowest BCUT2D eigenvalue weighted by molar-refractivity contribution is 0.196. The molecule has 5 heteroatoms. The van der Waals surface area contributed by atoms with Gasteiger partial charge in [0, 0.05) is 11.9 Å². The Balaban J connectivity index is 2.37. The third kappa shape index (κ3) is 2.73. The maximum atomic E-state index is 13.2. The van der Waals surface area contributed by atoms with Gasteiger partial charge in [0.25, 0.3) is 0 Å². The van der Waals surface area contributed by atoms with E-state index < -0.39 is 6.10 Å². The Bertz CT molecular complexity index is 566. The molecule has 18 heavy (non-hydrogen) atoms. The molecular weight excluding hydrogens is 251 g/mol. The normalized spacial score (nSPS) is 12.7. The lowest BCUT2D eigenvalue weighted by Crippen LogP contribution is -1.97. The van der Waals surface area contributed by atoms with Gasteiger partial charge in [-0.3, -0.25) is 4.68 Å². The fourth-order valence-corrected chi connectivity index (χ4v) is 2.84. The van der Waals surface area contributed by atoms with Gasteiger partial charge in [-0.25, -0.2) is 4.39 Å². The van der Waals surface area contributed by atoms with Crippen molar-refractivity contribution in [3.05, 3.63) is 41.3 Å². The Labute approximate surface area is 110 Å². The summed E-state index contributed by atoms with van der Waals surface area (Å²) >= 11 is 1.47. The third-order valence-electron chi connectivity index (χ3n) is 2.60. The van der Waals surface area contributed by atoms with Crippen molar-refractivity contribution < 1.29 is 9.50 Å². The summed E-state index contributed by atoms with van der Waals surface area (Å²) in [6.45, 7) is 3.55. The number of aromatic nitrogens is 2. The highest BCUT2D eigenvalue weighted by Crippen LogP contribution is 2.33. The number of aliphatic hydroxyl groups excluding tert-OH is 1. The number of halogens is 1. The molecule has 0 spiro atoms. The topological polar surface area (TPSA) is 38.0 Å². The van der Waals surface area contributed by atoms with Crippen molar-refractivity contribution in [2.24, 2.45) is 7.05 Å². The van der Waals surface area contributed by atoms with Crippen molar-refractivity contribution >= 4 is 11.8 Å². The summed E-state index contributed by atoms with van der Waals surface area (Å²) in [6, 6.07) is 6.41. The van der Waals surface area contributed by atoms with Crippen molar-refractivity contribution in [2.75, 3.05) is 0 Å². The molecule has 0 saturated heterocycles. The van der Waals surface area contributed by atoms with E-state index in [1.807, 2.05) is 20.0 Å². The molecule has 2 rings (SSSR count). The van der Waals surface area contributed by atoms with Gasteiger partial charge in [0.1, 0.15) is 5.82 Å². The number of benzene rings is 1. The highest BCUT2D eigenvalue weighted by Gasteiger charge is 2.12. The first-order chi connectivity index (χ1) is 8.47. The van der Waals surface area contributed by atoms with E-state index in [4.69, 9.17) is 0 Å². The van der Waals surface area contributed by atoms with Crippen molar-refractivity contribution in [3.63, 3.8) is 0 Å². The zero-order valence-corrected chi connectivity index (χ0v) is 11.3. The molecule has 2 aromatic rings. The molecule has 96 valence electrons. The summed E-state index contributed by atoms with van der Waals surface area (Å²) in [4.78, 5) is 0.842. The Morgan fingerprint density at radius 2 is 2.11 bits per heavy atom. The minimum Gasteiger partial charge on any atom is -0.389 e. The van der Waals surface area contributed by atoms with E-state index in [1.54, 1.807) is 17.7 Å². The summed E-state index contributed by atoms with van der Waals surface area (Å²) in [6.07, 6.45) is -0.697. The first-order valence-corrected chi connectivity index (χ1v) is 6.45. The molecule has 1 heterocycles. The monoisotopic (exact) mass is 266 g/mol. The van der Waals surface area contributed by atoms with E-state index >= 15 is 0 Å². The number of rotatable bonds is 3. The molecule has 3 nitrogen and oxygen atoms in total. The Kier molecular flexibility index (Phi) is 3.73. The smallest absolute Gasteiger partial charge is 0.123 e. The van der Waals surface area contributed by atoms with Crippen LogP contribution in [0.15, 0.2) is 34.2 Å². The van der Waals surface area contributed by atoms with E-state index in [9.17, 15) is 9.50 Å². The highest BCUT2D eigenvalue weighted by molar-refractivity contribution is 7.99. The number of hydrogen-bond acceptors (Lipinski definition) is 3. The van der Waals surface area contributed by atoms with E-state index in [-0.39, 0.29) is 5.82 Å². The summed E-state index contributed by atoms with van der Waals surface area (Å²) in [7, 11) is 1.86. The quantitative estimate of drug-likeness (QED) is 0.927. The van der Waals surface area contributed by atoms with Crippen LogP contribution in [0.3, 0.4) is 0 Å². The van der Waals surface area contributed by atoms with Gasteiger partial charge in [0.15, 0.2) is 0 Å². The second kappa shape index (κ2) is 5.12. The average Bonchev–Trinajstić information content (AvgIpc) is 2.60. The number of nitrogens with zero attached hydrogens (tertiary/aromatic N) is 2. The fourth-order valence-electron chi connectivity index (χ4n) is 1.73. The van der Waals surface area contributed by atoms with E-state index in [1.165, 1.54) is 23.9 Å². The molecule has 1 aromatic carbocycles. The SMILES string of the molecule is Cc1cc(Sc2ccc(F)cc2C(C)O)n(C)n1. The van der Waals surface area contributed by atoms with Crippen molar-refractivity contribution in [2.45, 2.75) is 29.9 Å². The minimum atomic E-state index is -0.697. The number of aryl methyl sites for hydroxylation is 2. The fraction of sp³-hybridized carbons (Fsp3) is 0.308. The van der Waals surface area contributed by atoms with Crippen LogP contribution in [-0.4, -0.2) is 14.9 Å². The van der Waals surface area contributed by atoms with Crippen LogP contribution < -0.4 is 0 Å². The zero-order chi connectivity index (χ0) is 13.3. The average molecular weight is 266 g/mol. The first kappa shape index (κ1) is 13.1. The summed E-state index contributed by atoms with van der Waals surface area (Å²) in [5.41, 5.74) is 1.53. The van der Waals surface area contributed by atoms with Crippen LogP contribution in [0.1, 0.15) is 24.3 Å². The molecule has 1 unspecified atom stereocenters. The number of hydrogen-bond donors (Lipinski definition) is 1. The standard InChI is InChI=1S/C13H15FN2OS/c1-8-6-13(16(3)15-8)18-12-5-4-10(14)7-11(12)9(2)17/h4-7,9,17H,1-3H3. The molecule has 0 bridgehead atoms. The summed E-state index contributed by atoms with van der Waals surface area (Å²) < 4.78 is 15.0. The Morgan fingerprint density at radius 3 is 2.67 bits per heavy atom. The van der Waals surface area contributed by atoms with E-state index in [0.717, 1.165) is 15.6 Å². The second-order valence-corrected chi connectivity index (χ2v) is 5.27. The van der Waals surface area contributed by atoms with Crippen LogP contribution in [0.5, 0.6) is 0 Å². The van der Waals surface area contributed by atoms with Gasteiger partial charge >= 0.3 is 0 Å². The summed E-state index contributed by atoms with van der Waals surface area (Å²) in [5.74, 6) is -0.337. The lowest BCUT2D eigenvalue weighted by Gasteiger charge is -2.11. The van der Waals surface area contributed by atoms with Crippen LogP contribution in [0.4, 0.5) is 4.39 Å². The van der Waals surface area contributed by atoms with Gasteiger partial charge in [-0.05, 0) is 43.7 Å². The molecule has 0 radical (unpaired) electrons. The Morgan fingerprint density at radius 1 is 1.39 bits per heavy atom. The molecule has 1 N–H and O–H groups in total. The second-order valence-electron chi connectivity index (χ2n) is 4.21. The highest BCUT2D eigenvalue weighted by atomic mass is 32.2. The lowest BCUT2D eigenvalue weighted by atomic mass is 10.1. The van der Waals surface area contributed by atoms with Crippen LogP contribution in [-0.2, 0) is 7.05 Å². The van der Waals surface area contributed by atoms with Crippen LogP contribution in [0.25, 0.3) is 0 Å². The molecule has 0 amide bonds. The molecular formula is C13H15FN2OS. The van der Waals surface area contributed by atoms with E-state index in [0.29, 0.717) is 5.56 Å². The Hall–Kier alpha value is -1.33. The van der Waals surface area contributed by atoms with Gasteiger partial charge in [-0.15, -0.1) is 0 Å². The van der Waals surface area contributed by atoms with Crippen molar-refractivity contribution in [3.8, 4) is 0 Å². The van der Waals surface area contributed by atoms with Crippen molar-refractivity contribution in [1.82, 2.24) is 9.78 Å². The van der Waals surface area contributed by atoms with Gasteiger partial charge in [-0.2, -0.15) is 5.10 Å². The van der Waals surface area contributed by atoms with Gasteiger partial charge in [-0.1, -0.05) is 11.8 Å². The van der Waals surface area contributed by atoms with Gasteiger partial charge in [0.05, 0.1) is 16.8 Å². The van der Waals surface area contributed by atoms with Crippen LogP contribution in [0, 0.1) is 12.7 Å². The molecule has 0 aliphatic heterocycles. The molecule has 1 aromatic heterocycles. The zero-order valence-electron chi connectivity index (χ0n) is 10.5. The maximum Gasteiger partial charge on any atom is 0.123 e. The van der Waals surface area contributed by atoms with Crippen LogP contribution in [0.2, 0.25) is 0 Å². The maximum absolute atomic E-state index is 13.2. The van der Waals surface area contributed by atoms with E-state index in [2.05, 4.69) is 5.10 Å². The molecule has 0 saturated carbocycles. The molecule has 0 aliphatic carbocycles. The predicted octanol–water partition coefficient (Wildman–Crippen LogP) is 3.07. The third-order valence-corrected chi connectivity index (χ3v) is 3.78. The molecule has 0 fully saturated rings. The largest absolute Gasteiger partial charge is 0.389 e. The molecule has 1 atom stereocenters. The number of aliphatic hydroxyl groups is 1. The van der Waals surface area contributed by atoms with Crippen LogP contribution >= 0.6 is 11.8 Å². The minimum absolute atomic E-state index is 0.337. The van der Waals surface area contributed by atoms with Crippen molar-refractivity contribution in [1.29, 1.82) is 0 Å². The predicted molar refractivity (Wildman–Crippen MR) is 69.1 cm³/mol. The van der Waals surface area contributed by atoms with Gasteiger partial charge in [0.2, 0.25) is 0 Å². The first-order valence-electron chi connectivity index (χ1n) is 5.63. The van der Waals surface area contributed by atoms with Gasteiger partial charge < -0.3 is 5.11 Å². The summed E-state index contributed by atoms with van der Waals surface area (Å²) in [5, 5.41) is 14.9.